The molecule has 0 saturated carbocycles. The molecule has 0 aromatic heterocycles. The Morgan fingerprint density at radius 2 is 2.07 bits per heavy atom. The second-order valence-electron chi connectivity index (χ2n) is 4.12. The zero-order valence-corrected chi connectivity index (χ0v) is 9.97. The number of likely N-dealkylation sites (N-methyl/N-ethyl adjacent to an activating group) is 1. The summed E-state index contributed by atoms with van der Waals surface area (Å²) in [5.74, 6) is 0.933. The Hall–Kier alpha value is -0.570. The number of nitrogens with zero attached hydrogens (tertiary/aromatic N) is 1. The maximum absolute atomic E-state index is 11.3. The minimum atomic E-state index is 0.178. The Labute approximate surface area is 87.9 Å². The fourth-order valence-electron chi connectivity index (χ4n) is 1.14. The van der Waals surface area contributed by atoms with Gasteiger partial charge in [-0.2, -0.15) is 0 Å². The van der Waals surface area contributed by atoms with Crippen LogP contribution in [-0.4, -0.2) is 37.5 Å². The highest BCUT2D eigenvalue weighted by Crippen LogP contribution is 2.01. The van der Waals surface area contributed by atoms with Crippen LogP contribution >= 0.6 is 0 Å². The molecule has 0 aliphatic carbocycles. The minimum absolute atomic E-state index is 0.178. The average Bonchev–Trinajstić information content (AvgIpc) is 2.15. The molecule has 1 amide bonds. The van der Waals surface area contributed by atoms with E-state index in [0.717, 1.165) is 25.4 Å². The van der Waals surface area contributed by atoms with E-state index in [4.69, 9.17) is 0 Å². The third-order valence-electron chi connectivity index (χ3n) is 2.31. The molecule has 0 bridgehead atoms. The van der Waals surface area contributed by atoms with Crippen molar-refractivity contribution in [3.05, 3.63) is 0 Å². The van der Waals surface area contributed by atoms with E-state index in [1.165, 1.54) is 6.42 Å². The summed E-state index contributed by atoms with van der Waals surface area (Å²) < 4.78 is 0. The first-order chi connectivity index (χ1) is 6.57. The fourth-order valence-corrected chi connectivity index (χ4v) is 1.14. The molecular formula is C11H24N2O. The van der Waals surface area contributed by atoms with E-state index in [-0.39, 0.29) is 5.91 Å². The molecule has 3 nitrogen and oxygen atoms in total. The quantitative estimate of drug-likeness (QED) is 0.632. The lowest BCUT2D eigenvalue weighted by Gasteiger charge is -2.14. The molecule has 0 spiro atoms. The van der Waals surface area contributed by atoms with Crippen LogP contribution in [-0.2, 0) is 4.79 Å². The first-order valence-corrected chi connectivity index (χ1v) is 5.52. The van der Waals surface area contributed by atoms with Crippen LogP contribution in [0.1, 0.15) is 33.6 Å². The third kappa shape index (κ3) is 6.89. The minimum Gasteiger partial charge on any atom is -0.345 e. The van der Waals surface area contributed by atoms with E-state index >= 15 is 0 Å². The van der Waals surface area contributed by atoms with Crippen LogP contribution in [0.5, 0.6) is 0 Å². The summed E-state index contributed by atoms with van der Waals surface area (Å²) in [6.45, 7) is 8.62. The van der Waals surface area contributed by atoms with Crippen LogP contribution in [0.25, 0.3) is 0 Å². The highest BCUT2D eigenvalue weighted by atomic mass is 16.2. The molecule has 14 heavy (non-hydrogen) atoms. The maximum Gasteiger partial charge on any atom is 0.236 e. The maximum atomic E-state index is 11.3. The predicted octanol–water partition coefficient (Wildman–Crippen LogP) is 1.49. The van der Waals surface area contributed by atoms with E-state index in [0.29, 0.717) is 6.54 Å². The Kier molecular flexibility index (Phi) is 7.48. The summed E-state index contributed by atoms with van der Waals surface area (Å²) in [6.07, 6.45) is 2.38. The van der Waals surface area contributed by atoms with Crippen LogP contribution in [0.3, 0.4) is 0 Å². The zero-order valence-electron chi connectivity index (χ0n) is 9.97. The smallest absolute Gasteiger partial charge is 0.236 e. The molecule has 1 N–H and O–H groups in total. The van der Waals surface area contributed by atoms with Crippen molar-refractivity contribution in [2.75, 3.05) is 26.7 Å². The lowest BCUT2D eigenvalue weighted by atomic mass is 10.1. The third-order valence-corrected chi connectivity index (χ3v) is 2.31. The monoisotopic (exact) mass is 200 g/mol. The van der Waals surface area contributed by atoms with Crippen LogP contribution in [0, 0.1) is 5.92 Å². The van der Waals surface area contributed by atoms with Crippen molar-refractivity contribution in [1.82, 2.24) is 10.2 Å². The SMILES string of the molecule is CCN(C)C(=O)CNCCCC(C)C. The Balaban J connectivity index is 3.32. The van der Waals surface area contributed by atoms with Crippen LogP contribution in [0.4, 0.5) is 0 Å². The first kappa shape index (κ1) is 13.4. The number of nitrogens with one attached hydrogen (secondary N) is 1. The molecule has 0 heterocycles. The molecule has 0 atom stereocenters. The van der Waals surface area contributed by atoms with E-state index in [1.807, 2.05) is 14.0 Å². The molecule has 3 heteroatoms. The van der Waals surface area contributed by atoms with Gasteiger partial charge in [-0.05, 0) is 32.2 Å². The second-order valence-corrected chi connectivity index (χ2v) is 4.12. The summed E-state index contributed by atoms with van der Waals surface area (Å²) in [4.78, 5) is 13.1. The van der Waals surface area contributed by atoms with Gasteiger partial charge in [-0.15, -0.1) is 0 Å². The molecule has 0 fully saturated rings. The van der Waals surface area contributed by atoms with Gasteiger partial charge in [0.15, 0.2) is 0 Å². The largest absolute Gasteiger partial charge is 0.345 e. The highest BCUT2D eigenvalue weighted by Gasteiger charge is 2.04. The topological polar surface area (TPSA) is 32.3 Å². The van der Waals surface area contributed by atoms with Gasteiger partial charge in [0.2, 0.25) is 5.91 Å². The van der Waals surface area contributed by atoms with Gasteiger partial charge in [0.05, 0.1) is 6.54 Å². The molecule has 0 aromatic carbocycles. The number of hydrogen-bond donors (Lipinski definition) is 1. The van der Waals surface area contributed by atoms with Gasteiger partial charge in [0.25, 0.3) is 0 Å². The summed E-state index contributed by atoms with van der Waals surface area (Å²) in [7, 11) is 1.83. The number of carbonyl (C=O) groups is 1. The number of hydrogen-bond acceptors (Lipinski definition) is 2. The normalized spacial score (nSPS) is 10.6. The second kappa shape index (κ2) is 7.80. The lowest BCUT2D eigenvalue weighted by Crippen LogP contribution is -2.35. The molecule has 0 rings (SSSR count). The van der Waals surface area contributed by atoms with Crippen molar-refractivity contribution in [3.8, 4) is 0 Å². The average molecular weight is 200 g/mol. The summed E-state index contributed by atoms with van der Waals surface area (Å²) in [5.41, 5.74) is 0. The van der Waals surface area contributed by atoms with Crippen LogP contribution in [0.15, 0.2) is 0 Å². The molecule has 0 aromatic rings. The van der Waals surface area contributed by atoms with Crippen molar-refractivity contribution in [2.45, 2.75) is 33.6 Å². The Morgan fingerprint density at radius 3 is 2.57 bits per heavy atom. The van der Waals surface area contributed by atoms with Crippen molar-refractivity contribution in [3.63, 3.8) is 0 Å². The first-order valence-electron chi connectivity index (χ1n) is 5.52. The number of rotatable bonds is 7. The van der Waals surface area contributed by atoms with E-state index in [1.54, 1.807) is 4.90 Å². The van der Waals surface area contributed by atoms with Gasteiger partial charge >= 0.3 is 0 Å². The summed E-state index contributed by atoms with van der Waals surface area (Å²) in [5, 5.41) is 3.16. The van der Waals surface area contributed by atoms with E-state index in [9.17, 15) is 4.79 Å². The number of carbonyl (C=O) groups excluding carboxylic acids is 1. The highest BCUT2D eigenvalue weighted by molar-refractivity contribution is 5.77. The molecule has 0 saturated heterocycles. The zero-order chi connectivity index (χ0) is 11.0. The standard InChI is InChI=1S/C11H24N2O/c1-5-13(4)11(14)9-12-8-6-7-10(2)3/h10,12H,5-9H2,1-4H3. The van der Waals surface area contributed by atoms with Gasteiger partial charge < -0.3 is 10.2 Å². The van der Waals surface area contributed by atoms with Gasteiger partial charge in [-0.3, -0.25) is 4.79 Å². The van der Waals surface area contributed by atoms with Crippen molar-refractivity contribution < 1.29 is 4.79 Å². The van der Waals surface area contributed by atoms with E-state index < -0.39 is 0 Å². The molecule has 84 valence electrons. The molecule has 0 unspecified atom stereocenters. The van der Waals surface area contributed by atoms with Crippen molar-refractivity contribution >= 4 is 5.91 Å². The Morgan fingerprint density at radius 1 is 1.43 bits per heavy atom. The van der Waals surface area contributed by atoms with Crippen molar-refractivity contribution in [2.24, 2.45) is 5.92 Å². The van der Waals surface area contributed by atoms with Crippen molar-refractivity contribution in [1.29, 1.82) is 0 Å². The van der Waals surface area contributed by atoms with Gasteiger partial charge in [0.1, 0.15) is 0 Å². The van der Waals surface area contributed by atoms with Crippen LogP contribution < -0.4 is 5.32 Å². The van der Waals surface area contributed by atoms with Crippen LogP contribution in [0.2, 0.25) is 0 Å². The van der Waals surface area contributed by atoms with Gasteiger partial charge in [0, 0.05) is 13.6 Å². The number of amides is 1. The Bertz CT molecular complexity index is 157. The predicted molar refractivity (Wildman–Crippen MR) is 60.3 cm³/mol. The summed E-state index contributed by atoms with van der Waals surface area (Å²) >= 11 is 0. The molecule has 0 aliphatic heterocycles. The molecule has 0 aliphatic rings. The van der Waals surface area contributed by atoms with Gasteiger partial charge in [-0.1, -0.05) is 13.8 Å². The van der Waals surface area contributed by atoms with Gasteiger partial charge in [-0.25, -0.2) is 0 Å². The fraction of sp³-hybridized carbons (Fsp3) is 0.909. The summed E-state index contributed by atoms with van der Waals surface area (Å²) in [6, 6.07) is 0. The van der Waals surface area contributed by atoms with E-state index in [2.05, 4.69) is 19.2 Å². The lowest BCUT2D eigenvalue weighted by molar-refractivity contribution is -0.128. The molecule has 0 radical (unpaired) electrons. The molecular weight excluding hydrogens is 176 g/mol.